The molecular formula is C32H72ClN4P. The molecule has 0 radical (unpaired) electrons. The molecule has 0 amide bonds. The molecule has 0 aromatic carbocycles. The first-order valence-electron chi connectivity index (χ1n) is 17.0. The fourth-order valence-corrected chi connectivity index (χ4v) is 10.7. The van der Waals surface area contributed by atoms with E-state index < -0.39 is 7.87 Å². The number of hydrogen-bond donors (Lipinski definition) is 0. The molecule has 0 bridgehead atoms. The van der Waals surface area contributed by atoms with E-state index in [1.54, 1.807) is 0 Å². The van der Waals surface area contributed by atoms with Crippen molar-refractivity contribution in [2.45, 2.75) is 158 Å². The molecule has 6 heteroatoms. The monoisotopic (exact) mass is 579 g/mol. The van der Waals surface area contributed by atoms with E-state index in [0.717, 1.165) is 0 Å². The van der Waals surface area contributed by atoms with Gasteiger partial charge in [0.05, 0.1) is 0 Å². The van der Waals surface area contributed by atoms with Gasteiger partial charge in [-0.3, -0.25) is 0 Å². The second kappa shape index (κ2) is 27.7. The van der Waals surface area contributed by atoms with Gasteiger partial charge in [0.1, 0.15) is 0 Å². The fourth-order valence-electron chi connectivity index (χ4n) is 5.32. The Balaban J connectivity index is 0. The third kappa shape index (κ3) is 14.5. The van der Waals surface area contributed by atoms with E-state index in [4.69, 9.17) is 0 Å². The predicted octanol–water partition coefficient (Wildman–Crippen LogP) is 7.28. The van der Waals surface area contributed by atoms with Crippen LogP contribution in [0.2, 0.25) is 0 Å². The highest BCUT2D eigenvalue weighted by Crippen LogP contribution is 2.70. The van der Waals surface area contributed by atoms with Crippen molar-refractivity contribution < 1.29 is 12.4 Å². The van der Waals surface area contributed by atoms with Crippen molar-refractivity contribution in [1.82, 2.24) is 18.7 Å². The summed E-state index contributed by atoms with van der Waals surface area (Å²) in [4.78, 5) is 0. The van der Waals surface area contributed by atoms with Crippen molar-refractivity contribution >= 4 is 7.87 Å². The van der Waals surface area contributed by atoms with Crippen molar-refractivity contribution in [1.29, 1.82) is 0 Å². The van der Waals surface area contributed by atoms with Crippen LogP contribution >= 0.6 is 7.87 Å². The highest BCUT2D eigenvalue weighted by molar-refractivity contribution is 7.66. The highest BCUT2D eigenvalue weighted by Gasteiger charge is 2.60. The summed E-state index contributed by atoms with van der Waals surface area (Å²) in [5.74, 6) is 0. The molecule has 232 valence electrons. The van der Waals surface area contributed by atoms with Crippen LogP contribution in [0.1, 0.15) is 158 Å². The first kappa shape index (κ1) is 40.7. The SMILES string of the molecule is CCCCN(CCCC)[P+](N(CCCC)CCCC)(N(CCCC)CCCC)N(CCCC)CCCC.[Cl-]. The zero-order valence-electron chi connectivity index (χ0n) is 27.6. The van der Waals surface area contributed by atoms with Crippen LogP contribution in [0.15, 0.2) is 0 Å². The number of halogens is 1. The minimum Gasteiger partial charge on any atom is -1.00 e. The molecule has 0 aromatic heterocycles. The summed E-state index contributed by atoms with van der Waals surface area (Å²) >= 11 is 0. The lowest BCUT2D eigenvalue weighted by Crippen LogP contribution is -3.00. The Bertz CT molecular complexity index is 365. The van der Waals surface area contributed by atoms with Gasteiger partial charge in [0.25, 0.3) is 0 Å². The van der Waals surface area contributed by atoms with Crippen molar-refractivity contribution in [3.63, 3.8) is 0 Å². The molecule has 0 aliphatic rings. The van der Waals surface area contributed by atoms with Gasteiger partial charge in [-0.1, -0.05) is 107 Å². The quantitative estimate of drug-likeness (QED) is 0.0904. The van der Waals surface area contributed by atoms with Crippen LogP contribution in [0.5, 0.6) is 0 Å². The predicted molar refractivity (Wildman–Crippen MR) is 172 cm³/mol. The summed E-state index contributed by atoms with van der Waals surface area (Å²) in [6.45, 7) is 29.3. The fraction of sp³-hybridized carbons (Fsp3) is 1.00. The Kier molecular flexibility index (Phi) is 29.7. The summed E-state index contributed by atoms with van der Waals surface area (Å²) in [6, 6.07) is 0. The molecule has 38 heavy (non-hydrogen) atoms. The molecule has 4 nitrogen and oxygen atoms in total. The lowest BCUT2D eigenvalue weighted by Gasteiger charge is -2.52. The van der Waals surface area contributed by atoms with Gasteiger partial charge in [-0.25, -0.2) is 0 Å². The molecule has 0 fully saturated rings. The molecular weight excluding hydrogens is 507 g/mol. The highest BCUT2D eigenvalue weighted by atomic mass is 35.5. The number of unbranched alkanes of at least 4 members (excludes halogenated alkanes) is 8. The van der Waals surface area contributed by atoms with E-state index in [1.807, 2.05) is 0 Å². The van der Waals surface area contributed by atoms with Crippen LogP contribution in [0.3, 0.4) is 0 Å². The summed E-state index contributed by atoms with van der Waals surface area (Å²) in [7, 11) is -1.84. The average Bonchev–Trinajstić information content (AvgIpc) is 2.92. The Morgan fingerprint density at radius 3 is 0.526 bits per heavy atom. The Morgan fingerprint density at radius 2 is 0.421 bits per heavy atom. The molecule has 0 aliphatic heterocycles. The minimum atomic E-state index is -1.84. The molecule has 0 aromatic rings. The Morgan fingerprint density at radius 1 is 0.289 bits per heavy atom. The molecule has 0 unspecified atom stereocenters. The number of hydrogen-bond acceptors (Lipinski definition) is 4. The second-order valence-corrected chi connectivity index (χ2v) is 14.5. The number of nitrogens with zero attached hydrogens (tertiary/aromatic N) is 4. The summed E-state index contributed by atoms with van der Waals surface area (Å²) in [5.41, 5.74) is 0. The molecule has 0 N–H and O–H groups in total. The van der Waals surface area contributed by atoms with Crippen LogP contribution in [-0.4, -0.2) is 71.0 Å². The molecule has 0 heterocycles. The third-order valence-electron chi connectivity index (χ3n) is 7.68. The van der Waals surface area contributed by atoms with Gasteiger partial charge in [-0.15, -0.1) is 18.7 Å². The van der Waals surface area contributed by atoms with Gasteiger partial charge in [-0.05, 0) is 51.4 Å². The van der Waals surface area contributed by atoms with E-state index in [9.17, 15) is 0 Å². The first-order valence-corrected chi connectivity index (χ1v) is 18.6. The molecule has 0 saturated carbocycles. The Hall–Kier alpha value is 0.560. The van der Waals surface area contributed by atoms with Crippen molar-refractivity contribution in [3.8, 4) is 0 Å². The van der Waals surface area contributed by atoms with E-state index >= 15 is 0 Å². The maximum atomic E-state index is 3.11. The van der Waals surface area contributed by atoms with Gasteiger partial charge < -0.3 is 12.4 Å². The summed E-state index contributed by atoms with van der Waals surface area (Å²) in [6.07, 6.45) is 20.9. The van der Waals surface area contributed by atoms with Gasteiger partial charge >= 0.3 is 7.87 Å². The molecule has 0 rings (SSSR count). The topological polar surface area (TPSA) is 13.0 Å². The standard InChI is InChI=1S/C32H72N4P.ClH/c1-9-17-25-33(26-18-10-2)37(34(27-19-11-3)28-20-12-4,35(29-21-13-5)30-22-14-6)36(31-23-15-7)32-24-16-8;/h9-32H2,1-8H3;1H/q+1;/p-1. The lowest BCUT2D eigenvalue weighted by molar-refractivity contribution is -0.00000898. The van der Waals surface area contributed by atoms with Gasteiger partial charge in [-0.2, -0.15) is 0 Å². The van der Waals surface area contributed by atoms with Crippen molar-refractivity contribution in [2.24, 2.45) is 0 Å². The van der Waals surface area contributed by atoms with Crippen molar-refractivity contribution in [2.75, 3.05) is 52.4 Å². The third-order valence-corrected chi connectivity index (χ3v) is 12.3. The minimum absolute atomic E-state index is 0. The van der Waals surface area contributed by atoms with Crippen molar-refractivity contribution in [3.05, 3.63) is 0 Å². The molecule has 0 atom stereocenters. The molecule has 0 saturated heterocycles. The largest absolute Gasteiger partial charge is 1.00 e. The first-order chi connectivity index (χ1) is 18.1. The zero-order valence-corrected chi connectivity index (χ0v) is 29.2. The maximum Gasteiger partial charge on any atom is 0.308 e. The van der Waals surface area contributed by atoms with Gasteiger partial charge in [0.2, 0.25) is 0 Å². The lowest BCUT2D eigenvalue weighted by atomic mass is 10.3. The van der Waals surface area contributed by atoms with Crippen LogP contribution < -0.4 is 12.4 Å². The van der Waals surface area contributed by atoms with Crippen LogP contribution in [0.25, 0.3) is 0 Å². The van der Waals surface area contributed by atoms with E-state index in [1.165, 1.54) is 155 Å². The van der Waals surface area contributed by atoms with E-state index in [0.29, 0.717) is 0 Å². The second-order valence-electron chi connectivity index (χ2n) is 11.2. The molecule has 0 aliphatic carbocycles. The summed E-state index contributed by atoms with van der Waals surface area (Å²) in [5, 5.41) is 0. The van der Waals surface area contributed by atoms with E-state index in [-0.39, 0.29) is 12.4 Å². The average molecular weight is 579 g/mol. The normalized spacial score (nSPS) is 12.3. The molecule has 0 spiro atoms. The summed E-state index contributed by atoms with van der Waals surface area (Å²) < 4.78 is 12.5. The smallest absolute Gasteiger partial charge is 0.308 e. The van der Waals surface area contributed by atoms with Crippen LogP contribution in [0.4, 0.5) is 0 Å². The van der Waals surface area contributed by atoms with E-state index in [2.05, 4.69) is 74.1 Å². The van der Waals surface area contributed by atoms with Gasteiger partial charge in [0.15, 0.2) is 0 Å². The zero-order chi connectivity index (χ0) is 27.8. The van der Waals surface area contributed by atoms with Gasteiger partial charge in [0, 0.05) is 52.4 Å². The Labute approximate surface area is 249 Å². The number of rotatable bonds is 28. The van der Waals surface area contributed by atoms with Crippen LogP contribution in [0, 0.1) is 0 Å². The van der Waals surface area contributed by atoms with Crippen LogP contribution in [-0.2, 0) is 0 Å². The maximum absolute atomic E-state index is 3.11.